The maximum absolute atomic E-state index is 10.8. The number of hydrogen-bond donors (Lipinski definition) is 1. The van der Waals surface area contributed by atoms with Crippen LogP contribution in [0.5, 0.6) is 5.75 Å². The number of carboxylic acids is 1. The fraction of sp³-hybridized carbons (Fsp3) is 0.250. The van der Waals surface area contributed by atoms with Crippen LogP contribution in [-0.4, -0.2) is 32.7 Å². The smallest absolute Gasteiger partial charge is 0.355 e. The van der Waals surface area contributed by atoms with Gasteiger partial charge in [-0.15, -0.1) is 5.10 Å². The van der Waals surface area contributed by atoms with Crippen molar-refractivity contribution < 1.29 is 14.6 Å². The summed E-state index contributed by atoms with van der Waals surface area (Å²) in [5.41, 5.74) is 0.0755. The topological polar surface area (TPSA) is 77.2 Å². The van der Waals surface area contributed by atoms with Crippen molar-refractivity contribution in [2.45, 2.75) is 13.0 Å². The van der Waals surface area contributed by atoms with Gasteiger partial charge in [-0.2, -0.15) is 0 Å². The van der Waals surface area contributed by atoms with Crippen LogP contribution in [0.25, 0.3) is 0 Å². The van der Waals surface area contributed by atoms with E-state index in [1.165, 1.54) is 10.9 Å². The van der Waals surface area contributed by atoms with Crippen LogP contribution in [0, 0.1) is 0 Å². The SMILES string of the molecule is O=C(O)c1cnnn1CCCOc1ccc(Cl)cc1. The van der Waals surface area contributed by atoms with Gasteiger partial charge < -0.3 is 9.84 Å². The molecule has 2 rings (SSSR count). The summed E-state index contributed by atoms with van der Waals surface area (Å²) in [6.45, 7) is 0.899. The van der Waals surface area contributed by atoms with Crippen LogP contribution in [0.2, 0.25) is 5.02 Å². The van der Waals surface area contributed by atoms with E-state index in [1.807, 2.05) is 0 Å². The van der Waals surface area contributed by atoms with Gasteiger partial charge in [-0.25, -0.2) is 9.48 Å². The molecule has 1 aromatic carbocycles. The van der Waals surface area contributed by atoms with Gasteiger partial charge in [-0.05, 0) is 24.3 Å². The molecule has 0 spiro atoms. The molecule has 0 saturated heterocycles. The average Bonchev–Trinajstić information content (AvgIpc) is 2.85. The predicted octanol–water partition coefficient (Wildman–Crippen LogP) is 2.10. The van der Waals surface area contributed by atoms with Gasteiger partial charge in [0.15, 0.2) is 5.69 Å². The number of hydrogen-bond acceptors (Lipinski definition) is 4. The first-order valence-corrected chi connectivity index (χ1v) is 6.05. The van der Waals surface area contributed by atoms with Gasteiger partial charge in [0.25, 0.3) is 0 Å². The fourth-order valence-corrected chi connectivity index (χ4v) is 1.65. The average molecular weight is 282 g/mol. The maximum atomic E-state index is 10.8. The molecule has 100 valence electrons. The Hall–Kier alpha value is -2.08. The Kier molecular flexibility index (Phi) is 4.35. The summed E-state index contributed by atoms with van der Waals surface area (Å²) in [6.07, 6.45) is 1.86. The zero-order chi connectivity index (χ0) is 13.7. The molecule has 0 atom stereocenters. The van der Waals surface area contributed by atoms with Crippen LogP contribution in [0.3, 0.4) is 0 Å². The monoisotopic (exact) mass is 281 g/mol. The Bertz CT molecular complexity index is 554. The van der Waals surface area contributed by atoms with Gasteiger partial charge in [-0.3, -0.25) is 0 Å². The first-order valence-electron chi connectivity index (χ1n) is 5.67. The molecule has 1 N–H and O–H groups in total. The quantitative estimate of drug-likeness (QED) is 0.821. The van der Waals surface area contributed by atoms with E-state index in [0.717, 1.165) is 5.75 Å². The number of ether oxygens (including phenoxy) is 1. The largest absolute Gasteiger partial charge is 0.494 e. The zero-order valence-electron chi connectivity index (χ0n) is 9.99. The summed E-state index contributed by atoms with van der Waals surface area (Å²) >= 11 is 5.76. The minimum Gasteiger partial charge on any atom is -0.494 e. The standard InChI is InChI=1S/C12H12ClN3O3/c13-9-2-4-10(5-3-9)19-7-1-6-16-11(12(17)18)8-14-15-16/h2-5,8H,1,6-7H2,(H,17,18). The molecular weight excluding hydrogens is 270 g/mol. The molecule has 1 aromatic heterocycles. The van der Waals surface area contributed by atoms with Crippen molar-refractivity contribution in [1.82, 2.24) is 15.0 Å². The van der Waals surface area contributed by atoms with Crippen molar-refractivity contribution in [3.63, 3.8) is 0 Å². The van der Waals surface area contributed by atoms with E-state index in [1.54, 1.807) is 24.3 Å². The number of nitrogens with zero attached hydrogens (tertiary/aromatic N) is 3. The van der Waals surface area contributed by atoms with E-state index in [0.29, 0.717) is 24.6 Å². The van der Waals surface area contributed by atoms with Crippen LogP contribution in [0.4, 0.5) is 0 Å². The van der Waals surface area contributed by atoms with Gasteiger partial charge in [0.05, 0.1) is 12.8 Å². The number of carboxylic acid groups (broad SMARTS) is 1. The van der Waals surface area contributed by atoms with Crippen LogP contribution >= 0.6 is 11.6 Å². The lowest BCUT2D eigenvalue weighted by Crippen LogP contribution is -2.12. The van der Waals surface area contributed by atoms with Crippen molar-refractivity contribution in [1.29, 1.82) is 0 Å². The summed E-state index contributed by atoms with van der Waals surface area (Å²) in [5.74, 6) is -0.315. The van der Waals surface area contributed by atoms with Gasteiger partial charge in [0.1, 0.15) is 5.75 Å². The molecule has 6 nitrogen and oxygen atoms in total. The lowest BCUT2D eigenvalue weighted by Gasteiger charge is -2.06. The fourth-order valence-electron chi connectivity index (χ4n) is 1.52. The lowest BCUT2D eigenvalue weighted by atomic mass is 10.3. The molecular formula is C12H12ClN3O3. The molecule has 0 aliphatic rings. The van der Waals surface area contributed by atoms with Crippen LogP contribution in [0.1, 0.15) is 16.9 Å². The molecule has 0 amide bonds. The highest BCUT2D eigenvalue weighted by molar-refractivity contribution is 6.30. The Morgan fingerprint density at radius 2 is 2.11 bits per heavy atom. The normalized spacial score (nSPS) is 10.4. The van der Waals surface area contributed by atoms with Crippen molar-refractivity contribution >= 4 is 17.6 Å². The number of aryl methyl sites for hydroxylation is 1. The lowest BCUT2D eigenvalue weighted by molar-refractivity contribution is 0.0682. The summed E-state index contributed by atoms with van der Waals surface area (Å²) in [6, 6.07) is 7.05. The highest BCUT2D eigenvalue weighted by Gasteiger charge is 2.10. The third-order valence-corrected chi connectivity index (χ3v) is 2.69. The Morgan fingerprint density at radius 3 is 2.79 bits per heavy atom. The van der Waals surface area contributed by atoms with Crippen molar-refractivity contribution in [2.75, 3.05) is 6.61 Å². The summed E-state index contributed by atoms with van der Waals surface area (Å²) in [5, 5.41) is 16.8. The van der Waals surface area contributed by atoms with E-state index in [2.05, 4.69) is 10.3 Å². The Balaban J connectivity index is 1.79. The molecule has 1 heterocycles. The molecule has 19 heavy (non-hydrogen) atoms. The van der Waals surface area contributed by atoms with Crippen LogP contribution in [0.15, 0.2) is 30.5 Å². The first kappa shape index (κ1) is 13.4. The maximum Gasteiger partial charge on any atom is 0.355 e. The Morgan fingerprint density at radius 1 is 1.37 bits per heavy atom. The summed E-state index contributed by atoms with van der Waals surface area (Å²) in [7, 11) is 0. The molecule has 0 saturated carbocycles. The predicted molar refractivity (Wildman–Crippen MR) is 68.5 cm³/mol. The van der Waals surface area contributed by atoms with Gasteiger partial charge >= 0.3 is 5.97 Å². The van der Waals surface area contributed by atoms with Crippen molar-refractivity contribution in [2.24, 2.45) is 0 Å². The molecule has 0 radical (unpaired) electrons. The molecule has 7 heteroatoms. The van der Waals surface area contributed by atoms with E-state index in [9.17, 15) is 4.79 Å². The number of aromatic carboxylic acids is 1. The van der Waals surface area contributed by atoms with Crippen LogP contribution in [-0.2, 0) is 6.54 Å². The second-order valence-electron chi connectivity index (χ2n) is 3.80. The van der Waals surface area contributed by atoms with Gasteiger partial charge in [0, 0.05) is 18.0 Å². The van der Waals surface area contributed by atoms with Crippen LogP contribution < -0.4 is 4.74 Å². The number of benzene rings is 1. The van der Waals surface area contributed by atoms with E-state index in [-0.39, 0.29) is 5.69 Å². The third kappa shape index (κ3) is 3.69. The number of halogens is 1. The molecule has 2 aromatic rings. The van der Waals surface area contributed by atoms with E-state index in [4.69, 9.17) is 21.4 Å². The summed E-state index contributed by atoms with van der Waals surface area (Å²) < 4.78 is 6.83. The number of carbonyl (C=O) groups is 1. The van der Waals surface area contributed by atoms with Crippen molar-refractivity contribution in [3.8, 4) is 5.75 Å². The Labute approximate surface area is 114 Å². The van der Waals surface area contributed by atoms with Gasteiger partial charge in [-0.1, -0.05) is 16.8 Å². The van der Waals surface area contributed by atoms with Gasteiger partial charge in [0.2, 0.25) is 0 Å². The molecule has 0 unspecified atom stereocenters. The van der Waals surface area contributed by atoms with E-state index < -0.39 is 5.97 Å². The zero-order valence-corrected chi connectivity index (χ0v) is 10.7. The summed E-state index contributed by atoms with van der Waals surface area (Å²) in [4.78, 5) is 10.8. The van der Waals surface area contributed by atoms with E-state index >= 15 is 0 Å². The molecule has 0 aliphatic heterocycles. The third-order valence-electron chi connectivity index (χ3n) is 2.43. The molecule has 0 fully saturated rings. The minimum absolute atomic E-state index is 0.0755. The van der Waals surface area contributed by atoms with Crippen molar-refractivity contribution in [3.05, 3.63) is 41.2 Å². The second-order valence-corrected chi connectivity index (χ2v) is 4.24. The number of rotatable bonds is 6. The minimum atomic E-state index is -1.04. The highest BCUT2D eigenvalue weighted by atomic mass is 35.5. The highest BCUT2D eigenvalue weighted by Crippen LogP contribution is 2.15. The number of aromatic nitrogens is 3. The second kappa shape index (κ2) is 6.19. The first-order chi connectivity index (χ1) is 9.16. The molecule has 0 bridgehead atoms. The molecule has 0 aliphatic carbocycles.